The van der Waals surface area contributed by atoms with Crippen LogP contribution in [0, 0.1) is 6.92 Å². The summed E-state index contributed by atoms with van der Waals surface area (Å²) in [4.78, 5) is 23.5. The van der Waals surface area contributed by atoms with E-state index in [0.29, 0.717) is 16.6 Å². The van der Waals surface area contributed by atoms with Crippen molar-refractivity contribution >= 4 is 22.8 Å². The Morgan fingerprint density at radius 1 is 1.21 bits per heavy atom. The number of aromatic amines is 1. The van der Waals surface area contributed by atoms with Gasteiger partial charge in [-0.25, -0.2) is 14.6 Å². The number of anilines is 1. The normalized spacial score (nSPS) is 11.8. The van der Waals surface area contributed by atoms with Gasteiger partial charge in [0.05, 0.1) is 5.56 Å². The largest absolute Gasteiger partial charge is 0.417 e. The number of aromatic nitrogens is 5. The summed E-state index contributed by atoms with van der Waals surface area (Å²) in [6, 6.07) is 8.67. The molecule has 148 valence electrons. The van der Waals surface area contributed by atoms with E-state index in [4.69, 9.17) is 0 Å². The molecule has 0 saturated carbocycles. The minimum atomic E-state index is -4.48. The number of halogens is 3. The van der Waals surface area contributed by atoms with E-state index in [-0.39, 0.29) is 22.9 Å². The summed E-state index contributed by atoms with van der Waals surface area (Å²) < 4.78 is 41.3. The van der Waals surface area contributed by atoms with Crippen molar-refractivity contribution in [1.29, 1.82) is 0 Å². The first-order chi connectivity index (χ1) is 13.7. The summed E-state index contributed by atoms with van der Waals surface area (Å²) >= 11 is 0. The fourth-order valence-corrected chi connectivity index (χ4v) is 3.07. The molecule has 0 unspecified atom stereocenters. The number of benzene rings is 1. The van der Waals surface area contributed by atoms with E-state index in [1.165, 1.54) is 23.1 Å². The molecule has 0 aliphatic carbocycles. The molecule has 0 bridgehead atoms. The molecule has 1 aromatic carbocycles. The smallest absolute Gasteiger partial charge is 0.339 e. The number of carbonyl (C=O) groups excluding carboxylic acids is 1. The number of aryl methyl sites for hydroxylation is 2. The van der Waals surface area contributed by atoms with E-state index in [1.807, 2.05) is 0 Å². The second-order valence-electron chi connectivity index (χ2n) is 6.48. The van der Waals surface area contributed by atoms with Crippen LogP contribution in [0.2, 0.25) is 0 Å². The lowest BCUT2D eigenvalue weighted by Crippen LogP contribution is -2.18. The molecule has 0 atom stereocenters. The Labute approximate surface area is 162 Å². The summed E-state index contributed by atoms with van der Waals surface area (Å²) in [6.07, 6.45) is -3.22. The van der Waals surface area contributed by atoms with Gasteiger partial charge in [-0.1, -0.05) is 18.2 Å². The molecule has 0 radical (unpaired) electrons. The van der Waals surface area contributed by atoms with Gasteiger partial charge in [0.25, 0.3) is 5.91 Å². The zero-order valence-electron chi connectivity index (χ0n) is 15.4. The van der Waals surface area contributed by atoms with Crippen LogP contribution in [0.4, 0.5) is 19.0 Å². The van der Waals surface area contributed by atoms with E-state index in [2.05, 4.69) is 25.4 Å². The highest BCUT2D eigenvalue weighted by Gasteiger charge is 2.33. The number of H-pyrrole nitrogens is 1. The lowest BCUT2D eigenvalue weighted by atomic mass is 10.0. The number of pyridine rings is 1. The Kier molecular flexibility index (Phi) is 4.33. The molecule has 0 fully saturated rings. The Hall–Kier alpha value is -3.69. The van der Waals surface area contributed by atoms with Gasteiger partial charge in [0, 0.05) is 23.7 Å². The van der Waals surface area contributed by atoms with Crippen LogP contribution >= 0.6 is 0 Å². The molecule has 29 heavy (non-hydrogen) atoms. The van der Waals surface area contributed by atoms with Crippen molar-refractivity contribution < 1.29 is 18.0 Å². The van der Waals surface area contributed by atoms with Crippen molar-refractivity contribution in [2.45, 2.75) is 13.1 Å². The monoisotopic (exact) mass is 400 g/mol. The molecular weight excluding hydrogens is 385 g/mol. The average Bonchev–Trinajstić information content (AvgIpc) is 3.27. The third kappa shape index (κ3) is 3.44. The van der Waals surface area contributed by atoms with Crippen LogP contribution in [0.5, 0.6) is 0 Å². The zero-order chi connectivity index (χ0) is 20.8. The number of amides is 1. The SMILES string of the molecule is Cc1cc2cc(-c3ccccc3C(F)(F)F)[nH]c2nc1NC(=O)c1ncnn1C. The first-order valence-electron chi connectivity index (χ1n) is 8.56. The third-order valence-corrected chi connectivity index (χ3v) is 4.46. The Morgan fingerprint density at radius 2 is 1.97 bits per heavy atom. The second kappa shape index (κ2) is 6.73. The van der Waals surface area contributed by atoms with E-state index < -0.39 is 17.6 Å². The standard InChI is InChI=1S/C19H15F3N6O/c1-10-7-11-8-14(12-5-3-4-6-13(12)19(20,21)22)25-16(11)26-15(10)27-18(29)17-23-9-24-28(17)2/h3-9H,1-2H3,(H2,25,26,27,29). The fraction of sp³-hybridized carbons (Fsp3) is 0.158. The number of fused-ring (bicyclic) bond motifs is 1. The van der Waals surface area contributed by atoms with Crippen molar-refractivity contribution in [2.24, 2.45) is 7.05 Å². The molecule has 0 spiro atoms. The highest BCUT2D eigenvalue weighted by atomic mass is 19.4. The minimum absolute atomic E-state index is 0.0281. The van der Waals surface area contributed by atoms with Crippen LogP contribution in [0.15, 0.2) is 42.7 Å². The number of nitrogens with zero attached hydrogens (tertiary/aromatic N) is 4. The quantitative estimate of drug-likeness (QED) is 0.545. The topological polar surface area (TPSA) is 88.5 Å². The van der Waals surface area contributed by atoms with Gasteiger partial charge in [0.2, 0.25) is 5.82 Å². The second-order valence-corrected chi connectivity index (χ2v) is 6.48. The van der Waals surface area contributed by atoms with Gasteiger partial charge in [0.15, 0.2) is 0 Å². The predicted molar refractivity (Wildman–Crippen MR) is 100 cm³/mol. The molecule has 1 amide bonds. The third-order valence-electron chi connectivity index (χ3n) is 4.46. The minimum Gasteiger partial charge on any atom is -0.339 e. The van der Waals surface area contributed by atoms with Crippen molar-refractivity contribution in [3.8, 4) is 11.3 Å². The summed E-state index contributed by atoms with van der Waals surface area (Å²) in [6.45, 7) is 1.75. The summed E-state index contributed by atoms with van der Waals surface area (Å²) in [5, 5.41) is 7.13. The molecule has 10 heteroatoms. The van der Waals surface area contributed by atoms with Crippen molar-refractivity contribution in [2.75, 3.05) is 5.32 Å². The van der Waals surface area contributed by atoms with Crippen molar-refractivity contribution in [3.63, 3.8) is 0 Å². The first kappa shape index (κ1) is 18.7. The maximum Gasteiger partial charge on any atom is 0.417 e. The molecule has 0 aliphatic heterocycles. The summed E-state index contributed by atoms with van der Waals surface area (Å²) in [5.74, 6) is -0.102. The van der Waals surface area contributed by atoms with E-state index >= 15 is 0 Å². The zero-order valence-corrected chi connectivity index (χ0v) is 15.4. The van der Waals surface area contributed by atoms with E-state index in [0.717, 1.165) is 6.07 Å². The van der Waals surface area contributed by atoms with Crippen LogP contribution in [-0.2, 0) is 13.2 Å². The average molecular weight is 400 g/mol. The van der Waals surface area contributed by atoms with Gasteiger partial charge in [-0.2, -0.15) is 18.3 Å². The van der Waals surface area contributed by atoms with Gasteiger partial charge in [-0.05, 0) is 30.7 Å². The highest BCUT2D eigenvalue weighted by Crippen LogP contribution is 2.37. The van der Waals surface area contributed by atoms with Crippen LogP contribution in [-0.4, -0.2) is 30.6 Å². The van der Waals surface area contributed by atoms with Gasteiger partial charge in [-0.3, -0.25) is 4.79 Å². The number of nitrogens with one attached hydrogen (secondary N) is 2. The first-order valence-corrected chi connectivity index (χ1v) is 8.56. The Balaban J connectivity index is 1.73. The highest BCUT2D eigenvalue weighted by molar-refractivity contribution is 6.02. The molecule has 0 saturated heterocycles. The lowest BCUT2D eigenvalue weighted by Gasteiger charge is -2.11. The number of alkyl halides is 3. The fourth-order valence-electron chi connectivity index (χ4n) is 3.07. The maximum atomic E-state index is 13.3. The number of rotatable bonds is 3. The maximum absolute atomic E-state index is 13.3. The molecule has 0 aliphatic rings. The molecule has 4 aromatic rings. The van der Waals surface area contributed by atoms with Crippen molar-refractivity contribution in [3.05, 3.63) is 59.7 Å². The molecule has 3 heterocycles. The van der Waals surface area contributed by atoms with Crippen molar-refractivity contribution in [1.82, 2.24) is 24.7 Å². The predicted octanol–water partition coefficient (Wildman–Crippen LogP) is 3.94. The van der Waals surface area contributed by atoms with Gasteiger partial charge in [-0.15, -0.1) is 0 Å². The number of hydrogen-bond donors (Lipinski definition) is 2. The van der Waals surface area contributed by atoms with Crippen LogP contribution in [0.25, 0.3) is 22.3 Å². The molecule has 2 N–H and O–H groups in total. The van der Waals surface area contributed by atoms with Gasteiger partial charge in [0.1, 0.15) is 17.8 Å². The van der Waals surface area contributed by atoms with Crippen LogP contribution in [0.3, 0.4) is 0 Å². The number of hydrogen-bond acceptors (Lipinski definition) is 4. The lowest BCUT2D eigenvalue weighted by molar-refractivity contribution is -0.137. The van der Waals surface area contributed by atoms with Crippen LogP contribution in [0.1, 0.15) is 21.7 Å². The van der Waals surface area contributed by atoms with Crippen LogP contribution < -0.4 is 5.32 Å². The summed E-state index contributed by atoms with van der Waals surface area (Å²) in [7, 11) is 1.58. The molecule has 7 nitrogen and oxygen atoms in total. The van der Waals surface area contributed by atoms with E-state index in [1.54, 1.807) is 32.2 Å². The molecule has 4 rings (SSSR count). The van der Waals surface area contributed by atoms with Gasteiger partial charge < -0.3 is 10.3 Å². The molecule has 3 aromatic heterocycles. The Bertz CT molecular complexity index is 1220. The number of carbonyl (C=O) groups is 1. The van der Waals surface area contributed by atoms with E-state index in [9.17, 15) is 18.0 Å². The van der Waals surface area contributed by atoms with Gasteiger partial charge >= 0.3 is 6.18 Å². The molecular formula is C19H15F3N6O. The Morgan fingerprint density at radius 3 is 2.66 bits per heavy atom. The summed E-state index contributed by atoms with van der Waals surface area (Å²) in [5.41, 5.74) is 0.592.